The second-order valence-corrected chi connectivity index (χ2v) is 8.28. The van der Waals surface area contributed by atoms with Crippen molar-refractivity contribution in [3.63, 3.8) is 0 Å². The van der Waals surface area contributed by atoms with E-state index in [2.05, 4.69) is 15.0 Å². The lowest BCUT2D eigenvalue weighted by atomic mass is 9.69. The van der Waals surface area contributed by atoms with Gasteiger partial charge in [0.25, 0.3) is 5.89 Å². The van der Waals surface area contributed by atoms with Crippen LogP contribution in [0.25, 0.3) is 22.3 Å². The van der Waals surface area contributed by atoms with Crippen LogP contribution in [0.15, 0.2) is 35.0 Å². The number of aromatic nitrogens is 3. The van der Waals surface area contributed by atoms with Crippen molar-refractivity contribution in [1.82, 2.24) is 19.6 Å². The number of hydrogen-bond donors (Lipinski definition) is 1. The summed E-state index contributed by atoms with van der Waals surface area (Å²) in [6.07, 6.45) is 4.15. The van der Waals surface area contributed by atoms with Gasteiger partial charge < -0.3 is 18.9 Å². The highest BCUT2D eigenvalue weighted by molar-refractivity contribution is 6.28. The lowest BCUT2D eigenvalue weighted by molar-refractivity contribution is -0.202. The van der Waals surface area contributed by atoms with Gasteiger partial charge in [0.15, 0.2) is 0 Å². The zero-order chi connectivity index (χ0) is 21.0. The maximum absolute atomic E-state index is 12.1. The van der Waals surface area contributed by atoms with Crippen LogP contribution in [0.5, 0.6) is 0 Å². The third-order valence-corrected chi connectivity index (χ3v) is 6.43. The van der Waals surface area contributed by atoms with Crippen LogP contribution in [0, 0.1) is 5.92 Å². The molecule has 3 atom stereocenters. The number of hydrogen-bond acceptors (Lipinski definition) is 7. The lowest BCUT2D eigenvalue weighted by Gasteiger charge is -2.52. The van der Waals surface area contributed by atoms with Crippen molar-refractivity contribution in [2.24, 2.45) is 13.0 Å². The van der Waals surface area contributed by atoms with E-state index in [4.69, 9.17) is 14.4 Å². The summed E-state index contributed by atoms with van der Waals surface area (Å²) in [7, 11) is 3.89. The Balaban J connectivity index is 1.60. The molecule has 3 aliphatic rings. The van der Waals surface area contributed by atoms with Crippen LogP contribution in [0.2, 0.25) is 0 Å². The molecule has 2 saturated heterocycles. The Morgan fingerprint density at radius 2 is 2.07 bits per heavy atom. The fraction of sp³-hybridized carbons (Fsp3) is 0.429. The van der Waals surface area contributed by atoms with E-state index in [1.54, 1.807) is 0 Å². The van der Waals surface area contributed by atoms with Crippen LogP contribution in [0.3, 0.4) is 0 Å². The molecule has 1 unspecified atom stereocenters. The first kappa shape index (κ1) is 18.8. The first-order chi connectivity index (χ1) is 14.4. The highest BCUT2D eigenvalue weighted by atomic mass is 16.6. The Morgan fingerprint density at radius 3 is 2.80 bits per heavy atom. The van der Waals surface area contributed by atoms with Gasteiger partial charge in [0.1, 0.15) is 0 Å². The van der Waals surface area contributed by atoms with E-state index in [1.807, 2.05) is 49.1 Å². The summed E-state index contributed by atoms with van der Waals surface area (Å²) < 4.78 is 13.2. The maximum atomic E-state index is 12.1. The molecule has 9 heteroatoms. The normalized spacial score (nSPS) is 26.2. The van der Waals surface area contributed by atoms with Gasteiger partial charge in [0, 0.05) is 42.7 Å². The van der Waals surface area contributed by atoms with Crippen LogP contribution < -0.4 is 0 Å². The number of rotatable bonds is 3. The predicted octanol–water partition coefficient (Wildman–Crippen LogP) is 2.17. The van der Waals surface area contributed by atoms with E-state index < -0.39 is 17.5 Å². The number of carboxylic acid groups (broad SMARTS) is 1. The molecule has 6 rings (SSSR count). The highest BCUT2D eigenvalue weighted by Gasteiger charge is 2.58. The Kier molecular flexibility index (Phi) is 4.18. The molecule has 3 aromatic rings. The molecule has 1 N–H and O–H groups in total. The Labute approximate surface area is 172 Å². The molecule has 2 bridgehead atoms. The van der Waals surface area contributed by atoms with Crippen LogP contribution in [0.1, 0.15) is 25.2 Å². The number of carbonyl (C=O) groups excluding carboxylic acids is 1. The fourth-order valence-corrected chi connectivity index (χ4v) is 5.18. The summed E-state index contributed by atoms with van der Waals surface area (Å²) in [5.74, 6) is -2.14. The number of benzene rings is 1. The molecule has 1 aromatic carbocycles. The highest BCUT2D eigenvalue weighted by Crippen LogP contribution is 2.49. The topological polar surface area (TPSA) is 111 Å². The maximum Gasteiger partial charge on any atom is 0.418 e. The minimum Gasteiger partial charge on any atom is -0.473 e. The third-order valence-electron chi connectivity index (χ3n) is 6.43. The second-order valence-electron chi connectivity index (χ2n) is 8.28. The van der Waals surface area contributed by atoms with Crippen molar-refractivity contribution >= 4 is 22.8 Å². The number of fused-ring (bicyclic) bond motifs is 4. The molecule has 1 aliphatic carbocycles. The van der Waals surface area contributed by atoms with Gasteiger partial charge in [0.2, 0.25) is 11.4 Å². The van der Waals surface area contributed by atoms with Gasteiger partial charge in [-0.3, -0.25) is 4.90 Å². The molecule has 3 fully saturated rings. The molecule has 4 heterocycles. The first-order valence-electron chi connectivity index (χ1n) is 9.94. The fourth-order valence-electron chi connectivity index (χ4n) is 5.18. The lowest BCUT2D eigenvalue weighted by Crippen LogP contribution is -2.62. The number of likely N-dealkylation sites (N-methyl/N-ethyl adjacent to an activating group) is 1. The van der Waals surface area contributed by atoms with Gasteiger partial charge in [-0.2, -0.15) is 4.98 Å². The van der Waals surface area contributed by atoms with E-state index in [9.17, 15) is 9.59 Å². The third kappa shape index (κ3) is 2.72. The standard InChI is InChI=1S/C21H22N4O5/c1-24-11-14(13-5-3-4-6-15(13)24)17-22-20(30-23-17)21(29-19(28)18(26)27)9-12-7-8-16(21)25(2)10-12/h3-6,11-12,16H,7-10H2,1-2H3,(H,26,27)/t12?,16-,21+/m1/s1. The number of ether oxygens (including phenoxy) is 1. The number of aryl methyl sites for hydroxylation is 1. The summed E-state index contributed by atoms with van der Waals surface area (Å²) >= 11 is 0. The summed E-state index contributed by atoms with van der Waals surface area (Å²) in [6, 6.07) is 7.68. The minimum absolute atomic E-state index is 0.154. The zero-order valence-electron chi connectivity index (χ0n) is 16.7. The summed E-state index contributed by atoms with van der Waals surface area (Å²) in [5.41, 5.74) is 0.570. The minimum atomic E-state index is -1.63. The van der Waals surface area contributed by atoms with Gasteiger partial charge in [-0.05, 0) is 31.9 Å². The molecule has 0 radical (unpaired) electrons. The predicted molar refractivity (Wildman–Crippen MR) is 105 cm³/mol. The molecule has 1 saturated carbocycles. The van der Waals surface area contributed by atoms with E-state index in [0.29, 0.717) is 12.2 Å². The van der Waals surface area contributed by atoms with E-state index in [1.165, 1.54) is 0 Å². The van der Waals surface area contributed by atoms with Gasteiger partial charge in [-0.25, -0.2) is 9.59 Å². The van der Waals surface area contributed by atoms with E-state index in [0.717, 1.165) is 35.9 Å². The molecule has 2 aliphatic heterocycles. The molecular formula is C21H22N4O5. The number of carbonyl (C=O) groups is 2. The number of piperidine rings is 2. The van der Waals surface area contributed by atoms with Gasteiger partial charge in [-0.1, -0.05) is 23.4 Å². The van der Waals surface area contributed by atoms with Crippen molar-refractivity contribution in [1.29, 1.82) is 0 Å². The summed E-state index contributed by atoms with van der Waals surface area (Å²) in [6.45, 7) is 0.862. The summed E-state index contributed by atoms with van der Waals surface area (Å²) in [5, 5.41) is 14.3. The summed E-state index contributed by atoms with van der Waals surface area (Å²) in [4.78, 5) is 30.1. The number of esters is 1. The van der Waals surface area contributed by atoms with Crippen molar-refractivity contribution in [3.05, 3.63) is 36.4 Å². The van der Waals surface area contributed by atoms with E-state index in [-0.39, 0.29) is 17.9 Å². The quantitative estimate of drug-likeness (QED) is 0.517. The largest absolute Gasteiger partial charge is 0.473 e. The number of aliphatic carboxylic acids is 1. The average Bonchev–Trinajstić information content (AvgIpc) is 3.34. The van der Waals surface area contributed by atoms with Crippen LogP contribution in [-0.2, 0) is 27.0 Å². The van der Waals surface area contributed by atoms with Crippen molar-refractivity contribution in [2.45, 2.75) is 30.9 Å². The average molecular weight is 410 g/mol. The zero-order valence-corrected chi connectivity index (χ0v) is 16.7. The number of para-hydroxylation sites is 1. The SMILES string of the molecule is CN1CC2CC[C@@H]1[C@](OC(=O)C(=O)O)(c1nc(-c3cn(C)c4ccccc34)no1)C2. The number of carboxylic acids is 1. The Morgan fingerprint density at radius 1 is 1.27 bits per heavy atom. The molecule has 30 heavy (non-hydrogen) atoms. The smallest absolute Gasteiger partial charge is 0.418 e. The van der Waals surface area contributed by atoms with Crippen LogP contribution in [-0.4, -0.2) is 56.3 Å². The van der Waals surface area contributed by atoms with Gasteiger partial charge >= 0.3 is 11.9 Å². The van der Waals surface area contributed by atoms with Crippen molar-refractivity contribution in [2.75, 3.05) is 13.6 Å². The van der Waals surface area contributed by atoms with Crippen molar-refractivity contribution < 1.29 is 24.0 Å². The van der Waals surface area contributed by atoms with Crippen LogP contribution in [0.4, 0.5) is 0 Å². The molecule has 0 amide bonds. The molecule has 0 spiro atoms. The number of nitrogens with zero attached hydrogens (tertiary/aromatic N) is 4. The van der Waals surface area contributed by atoms with Crippen molar-refractivity contribution in [3.8, 4) is 11.4 Å². The Bertz CT molecular complexity index is 1150. The van der Waals surface area contributed by atoms with Gasteiger partial charge in [0.05, 0.1) is 6.04 Å². The Hall–Kier alpha value is -3.20. The molecule has 156 valence electrons. The second kappa shape index (κ2) is 6.66. The molecular weight excluding hydrogens is 388 g/mol. The molecule has 9 nitrogen and oxygen atoms in total. The molecule has 2 aromatic heterocycles. The van der Waals surface area contributed by atoms with Crippen LogP contribution >= 0.6 is 0 Å². The van der Waals surface area contributed by atoms with E-state index >= 15 is 0 Å². The van der Waals surface area contributed by atoms with Gasteiger partial charge in [-0.15, -0.1) is 0 Å². The monoisotopic (exact) mass is 410 g/mol. The first-order valence-corrected chi connectivity index (χ1v) is 9.94.